The third-order valence-corrected chi connectivity index (χ3v) is 6.14. The summed E-state index contributed by atoms with van der Waals surface area (Å²) in [6.45, 7) is -0.849. The molecule has 0 bridgehead atoms. The summed E-state index contributed by atoms with van der Waals surface area (Å²) in [5, 5.41) is 8.83. The monoisotopic (exact) mass is 530 g/mol. The van der Waals surface area contributed by atoms with Gasteiger partial charge in [0, 0.05) is 11.6 Å². The standard InChI is InChI=1S/C26H21F2O8P/c1-17(16-22(29)30)18-12-14-21(15-13-18)26(27,28)37(33)36-25(34-23(31)19-8-4-2-5-9-19)35-24(32)20-10-6-3-7-11-20/h2-16,25,37H,1H3,(H,29,30)/b17-16-. The number of allylic oxidation sites excluding steroid dienone is 1. The first kappa shape index (κ1) is 27.4. The first-order chi connectivity index (χ1) is 17.6. The van der Waals surface area contributed by atoms with Crippen LogP contribution in [0.1, 0.15) is 38.8 Å². The number of carbonyl (C=O) groups is 3. The largest absolute Gasteiger partial charge is 0.478 e. The van der Waals surface area contributed by atoms with Gasteiger partial charge in [-0.15, -0.1) is 0 Å². The van der Waals surface area contributed by atoms with Crippen molar-refractivity contribution < 1.29 is 46.8 Å². The maximum atomic E-state index is 15.0. The van der Waals surface area contributed by atoms with E-state index in [9.17, 15) is 27.7 Å². The van der Waals surface area contributed by atoms with Crippen LogP contribution in [0.15, 0.2) is 91.0 Å². The van der Waals surface area contributed by atoms with Gasteiger partial charge in [-0.3, -0.25) is 4.57 Å². The van der Waals surface area contributed by atoms with Crippen molar-refractivity contribution >= 4 is 31.5 Å². The second-order valence-corrected chi connectivity index (χ2v) is 8.99. The van der Waals surface area contributed by atoms with Crippen molar-refractivity contribution in [2.24, 2.45) is 0 Å². The van der Waals surface area contributed by atoms with E-state index in [2.05, 4.69) is 0 Å². The molecule has 11 heteroatoms. The Kier molecular flexibility index (Phi) is 9.05. The number of halogens is 2. The average molecular weight is 530 g/mol. The van der Waals surface area contributed by atoms with Gasteiger partial charge in [-0.1, -0.05) is 60.7 Å². The Morgan fingerprint density at radius 3 is 1.70 bits per heavy atom. The fourth-order valence-corrected chi connectivity index (χ4v) is 3.84. The summed E-state index contributed by atoms with van der Waals surface area (Å²) >= 11 is 0. The minimum atomic E-state index is -4.37. The molecule has 1 atom stereocenters. The molecule has 0 aliphatic rings. The van der Waals surface area contributed by atoms with E-state index in [4.69, 9.17) is 19.1 Å². The van der Waals surface area contributed by atoms with Crippen LogP contribution in [0.5, 0.6) is 0 Å². The van der Waals surface area contributed by atoms with Crippen LogP contribution in [-0.4, -0.2) is 29.5 Å². The number of carboxylic acids is 1. The quantitative estimate of drug-likeness (QED) is 0.153. The van der Waals surface area contributed by atoms with E-state index < -0.39 is 43.6 Å². The Morgan fingerprint density at radius 1 is 0.811 bits per heavy atom. The molecule has 192 valence electrons. The number of alkyl halides is 2. The molecule has 0 aliphatic heterocycles. The van der Waals surface area contributed by atoms with Crippen LogP contribution in [0.3, 0.4) is 0 Å². The molecule has 0 radical (unpaired) electrons. The summed E-state index contributed by atoms with van der Waals surface area (Å²) < 4.78 is 57.3. The van der Waals surface area contributed by atoms with Crippen molar-refractivity contribution in [3.63, 3.8) is 0 Å². The Bertz CT molecular complexity index is 1260. The van der Waals surface area contributed by atoms with Crippen molar-refractivity contribution in [3.05, 3.63) is 113 Å². The number of hydrogen-bond donors (Lipinski definition) is 1. The Hall–Kier alpha value is -4.14. The molecular formula is C26H21F2O8P. The molecule has 0 aromatic heterocycles. The molecule has 8 nitrogen and oxygen atoms in total. The summed E-state index contributed by atoms with van der Waals surface area (Å²) in [7, 11) is -4.37. The maximum absolute atomic E-state index is 15.0. The number of benzene rings is 3. The second-order valence-electron chi connectivity index (χ2n) is 7.55. The predicted octanol–water partition coefficient (Wildman–Crippen LogP) is 5.71. The number of carboxylic acid groups (broad SMARTS) is 1. The van der Waals surface area contributed by atoms with Gasteiger partial charge in [0.15, 0.2) is 0 Å². The third kappa shape index (κ3) is 7.42. The van der Waals surface area contributed by atoms with E-state index in [0.29, 0.717) is 11.1 Å². The predicted molar refractivity (Wildman–Crippen MR) is 129 cm³/mol. The third-order valence-electron chi connectivity index (χ3n) is 4.93. The van der Waals surface area contributed by atoms with Gasteiger partial charge in [-0.05, 0) is 42.3 Å². The Labute approximate surface area is 211 Å². The summed E-state index contributed by atoms with van der Waals surface area (Å²) in [5.41, 5.74) is -4.06. The molecule has 0 saturated carbocycles. The van der Waals surface area contributed by atoms with E-state index >= 15 is 0 Å². The normalized spacial score (nSPS) is 12.6. The fraction of sp³-hybridized carbons (Fsp3) is 0.115. The van der Waals surface area contributed by atoms with Crippen molar-refractivity contribution in [2.45, 2.75) is 19.1 Å². The second kappa shape index (κ2) is 12.2. The number of esters is 2. The van der Waals surface area contributed by atoms with Gasteiger partial charge in [-0.25, -0.2) is 18.9 Å². The highest BCUT2D eigenvalue weighted by atomic mass is 31.1. The number of hydrogen-bond acceptors (Lipinski definition) is 7. The highest BCUT2D eigenvalue weighted by molar-refractivity contribution is 7.40. The lowest BCUT2D eigenvalue weighted by Gasteiger charge is -2.22. The van der Waals surface area contributed by atoms with Crippen LogP contribution >= 0.6 is 8.03 Å². The average Bonchev–Trinajstić information content (AvgIpc) is 2.89. The summed E-state index contributed by atoms with van der Waals surface area (Å²) in [6.07, 6.45) is 0.909. The van der Waals surface area contributed by atoms with E-state index in [1.54, 1.807) is 12.1 Å². The topological polar surface area (TPSA) is 116 Å². The number of ether oxygens (including phenoxy) is 2. The van der Waals surface area contributed by atoms with Crippen LogP contribution in [-0.2, 0) is 29.0 Å². The van der Waals surface area contributed by atoms with E-state index in [-0.39, 0.29) is 11.1 Å². The molecule has 0 heterocycles. The summed E-state index contributed by atoms with van der Waals surface area (Å²) in [6, 6.07) is 19.2. The molecule has 0 fully saturated rings. The van der Waals surface area contributed by atoms with Crippen molar-refractivity contribution in [1.29, 1.82) is 0 Å². The minimum absolute atomic E-state index is 0.0127. The van der Waals surface area contributed by atoms with Crippen LogP contribution in [0.25, 0.3) is 5.57 Å². The van der Waals surface area contributed by atoms with E-state index in [1.165, 1.54) is 67.6 Å². The van der Waals surface area contributed by atoms with Gasteiger partial charge in [0.2, 0.25) is 0 Å². The van der Waals surface area contributed by atoms with E-state index in [1.807, 2.05) is 0 Å². The van der Waals surface area contributed by atoms with Crippen LogP contribution in [0.2, 0.25) is 0 Å². The lowest BCUT2D eigenvalue weighted by Crippen LogP contribution is -2.27. The van der Waals surface area contributed by atoms with Crippen molar-refractivity contribution in [3.8, 4) is 0 Å². The number of rotatable bonds is 10. The Balaban J connectivity index is 1.81. The number of carbonyl (C=O) groups excluding carboxylic acids is 2. The zero-order valence-corrected chi connectivity index (χ0v) is 20.3. The van der Waals surface area contributed by atoms with Crippen LogP contribution in [0, 0.1) is 0 Å². The van der Waals surface area contributed by atoms with Gasteiger partial charge < -0.3 is 14.6 Å². The van der Waals surface area contributed by atoms with Gasteiger partial charge in [0.25, 0.3) is 8.03 Å². The molecule has 0 spiro atoms. The molecule has 3 rings (SSSR count). The van der Waals surface area contributed by atoms with Crippen molar-refractivity contribution in [2.75, 3.05) is 0 Å². The zero-order chi connectivity index (χ0) is 27.0. The SMILES string of the molecule is C/C(=C/C(=O)O)c1ccc(C(F)(F)[PH](=O)OC(OC(=O)c2ccccc2)OC(=O)c2ccccc2)cc1. The maximum Gasteiger partial charge on any atom is 0.371 e. The summed E-state index contributed by atoms with van der Waals surface area (Å²) in [5.74, 6) is -3.32. The van der Waals surface area contributed by atoms with Gasteiger partial charge in [-0.2, -0.15) is 8.78 Å². The molecular weight excluding hydrogens is 509 g/mol. The molecule has 0 amide bonds. The number of aliphatic carboxylic acids is 1. The van der Waals surface area contributed by atoms with Crippen molar-refractivity contribution in [1.82, 2.24) is 0 Å². The smallest absolute Gasteiger partial charge is 0.371 e. The highest BCUT2D eigenvalue weighted by Gasteiger charge is 2.42. The molecule has 0 saturated heterocycles. The van der Waals surface area contributed by atoms with Gasteiger partial charge in [0.05, 0.1) is 11.1 Å². The lowest BCUT2D eigenvalue weighted by atomic mass is 10.1. The van der Waals surface area contributed by atoms with Crippen LogP contribution in [0.4, 0.5) is 8.78 Å². The molecule has 3 aromatic rings. The molecule has 3 aromatic carbocycles. The van der Waals surface area contributed by atoms with Crippen LogP contribution < -0.4 is 0 Å². The minimum Gasteiger partial charge on any atom is -0.478 e. The highest BCUT2D eigenvalue weighted by Crippen LogP contribution is 2.51. The molecule has 0 aliphatic carbocycles. The van der Waals surface area contributed by atoms with E-state index in [0.717, 1.165) is 18.2 Å². The zero-order valence-electron chi connectivity index (χ0n) is 19.3. The molecule has 1 unspecified atom stereocenters. The summed E-state index contributed by atoms with van der Waals surface area (Å²) in [4.78, 5) is 35.7. The van der Waals surface area contributed by atoms with Gasteiger partial charge >= 0.3 is 30.0 Å². The van der Waals surface area contributed by atoms with Gasteiger partial charge in [0.1, 0.15) is 0 Å². The molecule has 1 N–H and O–H groups in total. The first-order valence-corrected chi connectivity index (χ1v) is 12.0. The Morgan fingerprint density at radius 2 is 1.27 bits per heavy atom. The fourth-order valence-electron chi connectivity index (χ4n) is 3.02. The first-order valence-electron chi connectivity index (χ1n) is 10.7. The molecule has 37 heavy (non-hydrogen) atoms. The lowest BCUT2D eigenvalue weighted by molar-refractivity contribution is -0.186.